The van der Waals surface area contributed by atoms with Gasteiger partial charge < -0.3 is 15.2 Å². The number of rotatable bonds is 5. The molecule has 0 unspecified atom stereocenters. The van der Waals surface area contributed by atoms with Crippen LogP contribution in [0.15, 0.2) is 36.4 Å². The van der Waals surface area contributed by atoms with E-state index >= 15 is 0 Å². The highest BCUT2D eigenvalue weighted by Crippen LogP contribution is 2.33. The van der Waals surface area contributed by atoms with Crippen molar-refractivity contribution in [3.63, 3.8) is 0 Å². The fourth-order valence-electron chi connectivity index (χ4n) is 2.93. The molecule has 0 aromatic heterocycles. The topological polar surface area (TPSA) is 75.6 Å². The third kappa shape index (κ3) is 3.12. The minimum Gasteiger partial charge on any atom is -0.497 e. The number of hydrogen-bond acceptors (Lipinski definition) is 3. The Labute approximate surface area is 148 Å². The molecule has 0 spiro atoms. The van der Waals surface area contributed by atoms with E-state index in [0.29, 0.717) is 25.0 Å². The number of nitrogens with one attached hydrogen (secondary N) is 1. The second kappa shape index (κ2) is 6.74. The van der Waals surface area contributed by atoms with Gasteiger partial charge in [0.1, 0.15) is 22.9 Å². The summed E-state index contributed by atoms with van der Waals surface area (Å²) in [6.45, 7) is 0. The molecule has 1 amide bonds. The lowest BCUT2D eigenvalue weighted by Crippen LogP contribution is -2.59. The van der Waals surface area contributed by atoms with Gasteiger partial charge in [0.25, 0.3) is 5.91 Å². The average Bonchev–Trinajstić information content (AvgIpc) is 2.57. The van der Waals surface area contributed by atoms with E-state index in [1.807, 2.05) is 0 Å². The average molecular weight is 361 g/mol. The molecule has 136 valence electrons. The molecule has 26 heavy (non-hydrogen) atoms. The van der Waals surface area contributed by atoms with Crippen LogP contribution in [-0.4, -0.2) is 29.6 Å². The Balaban J connectivity index is 1.86. The van der Waals surface area contributed by atoms with Crippen LogP contribution in [-0.2, 0) is 4.79 Å². The van der Waals surface area contributed by atoms with Crippen LogP contribution < -0.4 is 10.1 Å². The molecule has 7 heteroatoms. The molecular weight excluding hydrogens is 344 g/mol. The summed E-state index contributed by atoms with van der Waals surface area (Å²) >= 11 is 0. The number of hydrogen-bond donors (Lipinski definition) is 2. The van der Waals surface area contributed by atoms with Crippen molar-refractivity contribution in [1.82, 2.24) is 5.32 Å². The number of amides is 1. The molecule has 0 radical (unpaired) electrons. The van der Waals surface area contributed by atoms with Crippen LogP contribution in [0.25, 0.3) is 11.1 Å². The van der Waals surface area contributed by atoms with E-state index in [-0.39, 0.29) is 16.7 Å². The van der Waals surface area contributed by atoms with Crippen LogP contribution in [0.1, 0.15) is 29.6 Å². The van der Waals surface area contributed by atoms with E-state index in [1.54, 1.807) is 6.07 Å². The molecule has 1 saturated carbocycles. The SMILES string of the molecule is COc1ccc(-c2ccc(C(=O)NC3(C(=O)O)CCC3)c(F)c2)c(F)c1. The van der Waals surface area contributed by atoms with E-state index in [4.69, 9.17) is 4.74 Å². The number of ether oxygens (including phenoxy) is 1. The van der Waals surface area contributed by atoms with Crippen molar-refractivity contribution in [1.29, 1.82) is 0 Å². The van der Waals surface area contributed by atoms with Gasteiger partial charge in [-0.05, 0) is 49.1 Å². The summed E-state index contributed by atoms with van der Waals surface area (Å²) in [5.74, 6) is -3.03. The maximum absolute atomic E-state index is 14.4. The largest absolute Gasteiger partial charge is 0.497 e. The van der Waals surface area contributed by atoms with Crippen LogP contribution in [0, 0.1) is 11.6 Å². The maximum atomic E-state index is 14.4. The van der Waals surface area contributed by atoms with Crippen LogP contribution >= 0.6 is 0 Å². The van der Waals surface area contributed by atoms with E-state index in [9.17, 15) is 23.5 Å². The first-order valence-corrected chi connectivity index (χ1v) is 8.06. The number of methoxy groups -OCH3 is 1. The molecule has 0 aliphatic heterocycles. The Morgan fingerprint density at radius 2 is 1.85 bits per heavy atom. The number of carboxylic acids is 1. The molecule has 2 aromatic carbocycles. The van der Waals surface area contributed by atoms with Gasteiger partial charge in [-0.15, -0.1) is 0 Å². The van der Waals surface area contributed by atoms with Gasteiger partial charge in [-0.2, -0.15) is 0 Å². The lowest BCUT2D eigenvalue weighted by Gasteiger charge is -2.38. The van der Waals surface area contributed by atoms with Crippen molar-refractivity contribution >= 4 is 11.9 Å². The van der Waals surface area contributed by atoms with Crippen molar-refractivity contribution in [3.05, 3.63) is 53.6 Å². The third-order valence-corrected chi connectivity index (χ3v) is 4.67. The molecular formula is C19H17F2NO4. The molecule has 2 aromatic rings. The second-order valence-electron chi connectivity index (χ2n) is 6.24. The first-order valence-electron chi connectivity index (χ1n) is 8.06. The van der Waals surface area contributed by atoms with Gasteiger partial charge in [-0.3, -0.25) is 4.79 Å². The molecule has 1 aliphatic carbocycles. The molecule has 1 fully saturated rings. The normalized spacial score (nSPS) is 15.0. The molecule has 0 heterocycles. The van der Waals surface area contributed by atoms with E-state index in [1.165, 1.54) is 31.4 Å². The summed E-state index contributed by atoms with van der Waals surface area (Å²) in [4.78, 5) is 23.6. The van der Waals surface area contributed by atoms with Gasteiger partial charge in [0.2, 0.25) is 0 Å². The first kappa shape index (κ1) is 17.8. The summed E-state index contributed by atoms with van der Waals surface area (Å²) in [5.41, 5.74) is -1.19. The molecule has 1 aliphatic rings. The number of carboxylic acid groups (broad SMARTS) is 1. The summed E-state index contributed by atoms with van der Waals surface area (Å²) in [6, 6.07) is 7.87. The van der Waals surface area contributed by atoms with E-state index in [2.05, 4.69) is 5.32 Å². The summed E-state index contributed by atoms with van der Waals surface area (Å²) < 4.78 is 33.5. The number of carbonyl (C=O) groups excluding carboxylic acids is 1. The molecule has 3 rings (SSSR count). The van der Waals surface area contributed by atoms with Crippen molar-refractivity contribution in [2.45, 2.75) is 24.8 Å². The highest BCUT2D eigenvalue weighted by Gasteiger charge is 2.46. The lowest BCUT2D eigenvalue weighted by molar-refractivity contribution is -0.148. The predicted octanol–water partition coefficient (Wildman–Crippen LogP) is 3.38. The van der Waals surface area contributed by atoms with Crippen LogP contribution in [0.4, 0.5) is 8.78 Å². The highest BCUT2D eigenvalue weighted by atomic mass is 19.1. The fraction of sp³-hybridized carbons (Fsp3) is 0.263. The zero-order valence-electron chi connectivity index (χ0n) is 14.0. The van der Waals surface area contributed by atoms with Crippen LogP contribution in [0.3, 0.4) is 0 Å². The van der Waals surface area contributed by atoms with Gasteiger partial charge in [-0.25, -0.2) is 13.6 Å². The minimum atomic E-state index is -1.33. The monoisotopic (exact) mass is 361 g/mol. The van der Waals surface area contributed by atoms with Gasteiger partial charge >= 0.3 is 5.97 Å². The zero-order valence-corrected chi connectivity index (χ0v) is 14.0. The van der Waals surface area contributed by atoms with Crippen LogP contribution in [0.2, 0.25) is 0 Å². The van der Waals surface area contributed by atoms with Crippen molar-refractivity contribution in [3.8, 4) is 16.9 Å². The Morgan fingerprint density at radius 1 is 1.12 bits per heavy atom. The Morgan fingerprint density at radius 3 is 2.35 bits per heavy atom. The summed E-state index contributed by atoms with van der Waals surface area (Å²) in [6.07, 6.45) is 1.31. The van der Waals surface area contributed by atoms with Crippen molar-refractivity contribution < 1.29 is 28.2 Å². The Hall–Kier alpha value is -2.96. The van der Waals surface area contributed by atoms with E-state index < -0.39 is 29.0 Å². The Kier molecular flexibility index (Phi) is 4.63. The number of benzene rings is 2. The molecule has 5 nitrogen and oxygen atoms in total. The molecule has 0 atom stereocenters. The first-order chi connectivity index (χ1) is 12.4. The van der Waals surface area contributed by atoms with Gasteiger partial charge in [0, 0.05) is 11.6 Å². The number of aliphatic carboxylic acids is 1. The maximum Gasteiger partial charge on any atom is 0.329 e. The van der Waals surface area contributed by atoms with E-state index in [0.717, 1.165) is 6.07 Å². The van der Waals surface area contributed by atoms with Crippen LogP contribution in [0.5, 0.6) is 5.75 Å². The quantitative estimate of drug-likeness (QED) is 0.856. The number of halogens is 2. The van der Waals surface area contributed by atoms with Crippen molar-refractivity contribution in [2.24, 2.45) is 0 Å². The number of carbonyl (C=O) groups is 2. The predicted molar refractivity (Wildman–Crippen MR) is 90.0 cm³/mol. The lowest BCUT2D eigenvalue weighted by atomic mass is 9.76. The highest BCUT2D eigenvalue weighted by molar-refractivity contribution is 5.98. The fourth-order valence-corrected chi connectivity index (χ4v) is 2.93. The molecule has 0 saturated heterocycles. The molecule has 2 N–H and O–H groups in total. The van der Waals surface area contributed by atoms with Gasteiger partial charge in [-0.1, -0.05) is 6.07 Å². The van der Waals surface area contributed by atoms with Crippen molar-refractivity contribution in [2.75, 3.05) is 7.11 Å². The zero-order chi connectivity index (χ0) is 18.9. The van der Waals surface area contributed by atoms with Gasteiger partial charge in [0.15, 0.2) is 0 Å². The Bertz CT molecular complexity index is 878. The second-order valence-corrected chi connectivity index (χ2v) is 6.24. The molecule has 0 bridgehead atoms. The third-order valence-electron chi connectivity index (χ3n) is 4.67. The van der Waals surface area contributed by atoms with Gasteiger partial charge in [0.05, 0.1) is 12.7 Å². The standard InChI is InChI=1S/C19H17F2NO4/c1-26-12-4-6-13(16(21)10-12)11-3-5-14(15(20)9-11)17(23)22-19(18(24)25)7-2-8-19/h3-6,9-10H,2,7-8H2,1H3,(H,22,23)(H,24,25). The summed E-state index contributed by atoms with van der Waals surface area (Å²) in [7, 11) is 1.41. The minimum absolute atomic E-state index is 0.164. The summed E-state index contributed by atoms with van der Waals surface area (Å²) in [5, 5.41) is 11.7. The smallest absolute Gasteiger partial charge is 0.329 e.